The van der Waals surface area contributed by atoms with Crippen molar-refractivity contribution >= 4 is 0 Å². The van der Waals surface area contributed by atoms with Gasteiger partial charge < -0.3 is 14.2 Å². The van der Waals surface area contributed by atoms with Crippen molar-refractivity contribution in [3.63, 3.8) is 0 Å². The molecule has 1 aromatic rings. The van der Waals surface area contributed by atoms with Crippen molar-refractivity contribution in [1.29, 1.82) is 0 Å². The molecule has 26 heavy (non-hydrogen) atoms. The molecule has 1 saturated carbocycles. The first kappa shape index (κ1) is 17.8. The average molecular weight is 357 g/mol. The molecule has 0 unspecified atom stereocenters. The van der Waals surface area contributed by atoms with E-state index in [9.17, 15) is 0 Å². The topological polar surface area (TPSA) is 27.7 Å². The van der Waals surface area contributed by atoms with Gasteiger partial charge in [0, 0.05) is 17.5 Å². The van der Waals surface area contributed by atoms with Crippen molar-refractivity contribution in [2.75, 3.05) is 14.2 Å². The fraction of sp³-hybridized carbons (Fsp3) is 0.652. The van der Waals surface area contributed by atoms with Crippen LogP contribution in [-0.4, -0.2) is 20.3 Å². The number of ether oxygens (including phenoxy) is 3. The Morgan fingerprint density at radius 1 is 1.04 bits per heavy atom. The van der Waals surface area contributed by atoms with Crippen LogP contribution in [-0.2, 0) is 0 Å². The Labute approximate surface area is 157 Å². The summed E-state index contributed by atoms with van der Waals surface area (Å²) in [4.78, 5) is 0. The van der Waals surface area contributed by atoms with E-state index in [1.54, 1.807) is 19.8 Å². The van der Waals surface area contributed by atoms with Crippen molar-refractivity contribution in [2.45, 2.75) is 65.4 Å². The zero-order valence-electron chi connectivity index (χ0n) is 17.0. The third-order valence-electron chi connectivity index (χ3n) is 7.23. The van der Waals surface area contributed by atoms with E-state index in [1.165, 1.54) is 24.8 Å². The van der Waals surface area contributed by atoms with Crippen molar-refractivity contribution in [3.8, 4) is 17.2 Å². The second-order valence-electron chi connectivity index (χ2n) is 9.29. The normalized spacial score (nSPS) is 34.5. The maximum absolute atomic E-state index is 6.56. The Balaban J connectivity index is 1.89. The zero-order chi connectivity index (χ0) is 18.7. The molecule has 0 radical (unpaired) electrons. The molecule has 4 atom stereocenters. The molecule has 1 aliphatic heterocycles. The lowest BCUT2D eigenvalue weighted by Crippen LogP contribution is -2.42. The van der Waals surface area contributed by atoms with E-state index in [2.05, 4.69) is 39.8 Å². The van der Waals surface area contributed by atoms with Crippen LogP contribution in [0, 0.1) is 16.7 Å². The van der Waals surface area contributed by atoms with Crippen LogP contribution in [0.15, 0.2) is 23.8 Å². The number of fused-ring (bicyclic) bond motifs is 5. The van der Waals surface area contributed by atoms with E-state index in [-0.39, 0.29) is 16.9 Å². The molecule has 0 N–H and O–H groups in total. The standard InChI is InChI=1S/C23H32O3/c1-14-8-9-19-22(2,3)10-7-11-23(19,4)20-15-12-17(24-5)18(25-6)13-16(15)26-21(14)20/h9,12-14,20-21H,7-8,10-11H2,1-6H3/t14-,20+,21+,23+/m1/s1. The summed E-state index contributed by atoms with van der Waals surface area (Å²) in [6.45, 7) is 9.66. The van der Waals surface area contributed by atoms with Gasteiger partial charge in [-0.05, 0) is 42.1 Å². The van der Waals surface area contributed by atoms with Crippen LogP contribution in [0.4, 0.5) is 0 Å². The van der Waals surface area contributed by atoms with Gasteiger partial charge in [0.05, 0.1) is 14.2 Å². The van der Waals surface area contributed by atoms with Gasteiger partial charge in [-0.2, -0.15) is 0 Å². The molecule has 4 rings (SSSR count). The summed E-state index contributed by atoms with van der Waals surface area (Å²) in [6, 6.07) is 4.19. The Morgan fingerprint density at radius 2 is 1.73 bits per heavy atom. The molecule has 1 aromatic carbocycles. The van der Waals surface area contributed by atoms with Gasteiger partial charge in [-0.15, -0.1) is 0 Å². The summed E-state index contributed by atoms with van der Waals surface area (Å²) in [5.74, 6) is 3.41. The van der Waals surface area contributed by atoms with E-state index >= 15 is 0 Å². The maximum atomic E-state index is 6.56. The van der Waals surface area contributed by atoms with Gasteiger partial charge >= 0.3 is 0 Å². The summed E-state index contributed by atoms with van der Waals surface area (Å²) in [5.41, 5.74) is 3.34. The third kappa shape index (κ3) is 2.39. The van der Waals surface area contributed by atoms with E-state index in [0.29, 0.717) is 11.8 Å². The quantitative estimate of drug-likeness (QED) is 0.633. The monoisotopic (exact) mass is 356 g/mol. The summed E-state index contributed by atoms with van der Waals surface area (Å²) in [6.07, 6.45) is 7.65. The highest BCUT2D eigenvalue weighted by Gasteiger charge is 2.55. The second kappa shape index (κ2) is 5.94. The van der Waals surface area contributed by atoms with Gasteiger partial charge in [0.1, 0.15) is 11.9 Å². The molecule has 0 saturated heterocycles. The third-order valence-corrected chi connectivity index (χ3v) is 7.23. The highest BCUT2D eigenvalue weighted by atomic mass is 16.5. The molecule has 1 fully saturated rings. The van der Waals surface area contributed by atoms with E-state index in [1.807, 2.05) is 6.07 Å². The zero-order valence-corrected chi connectivity index (χ0v) is 17.0. The molecule has 1 heterocycles. The Morgan fingerprint density at radius 3 is 2.42 bits per heavy atom. The van der Waals surface area contributed by atoms with Gasteiger partial charge in [0.25, 0.3) is 0 Å². The van der Waals surface area contributed by atoms with Crippen LogP contribution in [0.2, 0.25) is 0 Å². The lowest BCUT2D eigenvalue weighted by molar-refractivity contribution is 0.0781. The smallest absolute Gasteiger partial charge is 0.164 e. The van der Waals surface area contributed by atoms with Crippen LogP contribution < -0.4 is 14.2 Å². The predicted octanol–water partition coefficient (Wildman–Crippen LogP) is 5.73. The Kier molecular flexibility index (Phi) is 4.05. The SMILES string of the molecule is COc1cc2c(cc1OC)[C@H]1[C@@H](O2)[C@H](C)CC=C2C(C)(C)CCC[C@@]21C. The molecule has 3 nitrogen and oxygen atoms in total. The molecule has 0 aromatic heterocycles. The Hall–Kier alpha value is -1.64. The lowest BCUT2D eigenvalue weighted by atomic mass is 9.54. The number of rotatable bonds is 2. The number of hydrogen-bond donors (Lipinski definition) is 0. The number of methoxy groups -OCH3 is 2. The molecular weight excluding hydrogens is 324 g/mol. The molecule has 142 valence electrons. The molecular formula is C23H32O3. The highest BCUT2D eigenvalue weighted by Crippen LogP contribution is 2.64. The van der Waals surface area contributed by atoms with E-state index in [0.717, 1.165) is 23.7 Å². The first-order chi connectivity index (χ1) is 12.3. The highest BCUT2D eigenvalue weighted by molar-refractivity contribution is 5.56. The summed E-state index contributed by atoms with van der Waals surface area (Å²) in [7, 11) is 3.40. The number of allylic oxidation sites excluding steroid dienone is 2. The van der Waals surface area contributed by atoms with Gasteiger partial charge in [-0.3, -0.25) is 0 Å². The number of hydrogen-bond acceptors (Lipinski definition) is 3. The summed E-state index contributed by atoms with van der Waals surface area (Å²) < 4.78 is 17.7. The van der Waals surface area contributed by atoms with Crippen LogP contribution in [0.3, 0.4) is 0 Å². The van der Waals surface area contributed by atoms with Crippen LogP contribution in [0.25, 0.3) is 0 Å². The van der Waals surface area contributed by atoms with E-state index < -0.39 is 0 Å². The minimum Gasteiger partial charge on any atom is -0.493 e. The maximum Gasteiger partial charge on any atom is 0.164 e. The molecule has 3 aliphatic rings. The van der Waals surface area contributed by atoms with E-state index in [4.69, 9.17) is 14.2 Å². The minimum atomic E-state index is 0.141. The first-order valence-corrected chi connectivity index (χ1v) is 9.95. The molecule has 0 spiro atoms. The number of benzene rings is 1. The fourth-order valence-corrected chi connectivity index (χ4v) is 5.97. The first-order valence-electron chi connectivity index (χ1n) is 9.95. The fourth-order valence-electron chi connectivity index (χ4n) is 5.97. The minimum absolute atomic E-state index is 0.141. The van der Waals surface area contributed by atoms with Crippen molar-refractivity contribution in [3.05, 3.63) is 29.3 Å². The van der Waals surface area contributed by atoms with Crippen molar-refractivity contribution < 1.29 is 14.2 Å². The van der Waals surface area contributed by atoms with Gasteiger partial charge in [-0.1, -0.05) is 45.8 Å². The predicted molar refractivity (Wildman–Crippen MR) is 104 cm³/mol. The van der Waals surface area contributed by atoms with Gasteiger partial charge in [-0.25, -0.2) is 0 Å². The Bertz CT molecular complexity index is 748. The molecule has 0 bridgehead atoms. The summed E-state index contributed by atoms with van der Waals surface area (Å²) >= 11 is 0. The molecule has 0 amide bonds. The summed E-state index contributed by atoms with van der Waals surface area (Å²) in [5, 5.41) is 0. The van der Waals surface area contributed by atoms with Crippen LogP contribution in [0.5, 0.6) is 17.2 Å². The lowest BCUT2D eigenvalue weighted by Gasteiger charge is -2.49. The van der Waals surface area contributed by atoms with Crippen molar-refractivity contribution in [1.82, 2.24) is 0 Å². The molecule has 2 aliphatic carbocycles. The van der Waals surface area contributed by atoms with Gasteiger partial charge in [0.15, 0.2) is 11.5 Å². The van der Waals surface area contributed by atoms with Gasteiger partial charge in [0.2, 0.25) is 0 Å². The van der Waals surface area contributed by atoms with Crippen LogP contribution >= 0.6 is 0 Å². The second-order valence-corrected chi connectivity index (χ2v) is 9.29. The molecule has 3 heteroatoms. The average Bonchev–Trinajstić information content (AvgIpc) is 2.93. The largest absolute Gasteiger partial charge is 0.493 e. The van der Waals surface area contributed by atoms with Crippen LogP contribution in [0.1, 0.15) is 64.9 Å². The van der Waals surface area contributed by atoms with Crippen molar-refractivity contribution in [2.24, 2.45) is 16.7 Å².